The van der Waals surface area contributed by atoms with Crippen LogP contribution in [0.2, 0.25) is 0 Å². The maximum atomic E-state index is 8.99. The second kappa shape index (κ2) is 7.07. The van der Waals surface area contributed by atoms with Crippen LogP contribution in [0, 0.1) is 17.2 Å². The molecule has 2 atom stereocenters. The summed E-state index contributed by atoms with van der Waals surface area (Å²) in [6.45, 7) is 5.69. The Labute approximate surface area is 166 Å². The first-order valence-electron chi connectivity index (χ1n) is 10.4. The molecule has 4 heteroatoms. The van der Waals surface area contributed by atoms with Crippen LogP contribution in [-0.2, 0) is 13.0 Å². The summed E-state index contributed by atoms with van der Waals surface area (Å²) in [5.74, 6) is 2.10. The van der Waals surface area contributed by atoms with E-state index in [1.165, 1.54) is 30.6 Å². The minimum atomic E-state index is 0.694. The minimum absolute atomic E-state index is 0.694. The summed E-state index contributed by atoms with van der Waals surface area (Å²) < 4.78 is 2.43. The molecule has 1 aromatic heterocycles. The first-order valence-corrected chi connectivity index (χ1v) is 10.4. The van der Waals surface area contributed by atoms with E-state index >= 15 is 0 Å². The van der Waals surface area contributed by atoms with Crippen LogP contribution < -0.4 is 0 Å². The van der Waals surface area contributed by atoms with Gasteiger partial charge in [-0.15, -0.1) is 0 Å². The maximum Gasteiger partial charge on any atom is 0.111 e. The zero-order chi connectivity index (χ0) is 19.1. The van der Waals surface area contributed by atoms with Gasteiger partial charge in [0, 0.05) is 32.1 Å². The van der Waals surface area contributed by atoms with Crippen LogP contribution >= 0.6 is 0 Å². The van der Waals surface area contributed by atoms with Crippen molar-refractivity contribution in [3.8, 4) is 17.2 Å². The predicted molar refractivity (Wildman–Crippen MR) is 112 cm³/mol. The van der Waals surface area contributed by atoms with Gasteiger partial charge in [-0.25, -0.2) is 4.98 Å². The van der Waals surface area contributed by atoms with Crippen molar-refractivity contribution in [3.05, 3.63) is 53.9 Å². The number of hydrogen-bond acceptors (Lipinski definition) is 3. The van der Waals surface area contributed by atoms with E-state index in [-0.39, 0.29) is 0 Å². The van der Waals surface area contributed by atoms with Crippen molar-refractivity contribution in [2.75, 3.05) is 13.1 Å². The van der Waals surface area contributed by atoms with E-state index < -0.39 is 0 Å². The lowest BCUT2D eigenvalue weighted by Gasteiger charge is -2.27. The van der Waals surface area contributed by atoms with E-state index in [1.54, 1.807) is 0 Å². The third-order valence-electron chi connectivity index (χ3n) is 6.59. The van der Waals surface area contributed by atoms with Crippen LogP contribution in [0.3, 0.4) is 0 Å². The molecule has 0 saturated heterocycles. The lowest BCUT2D eigenvalue weighted by atomic mass is 10.0. The van der Waals surface area contributed by atoms with E-state index in [1.807, 2.05) is 24.3 Å². The van der Waals surface area contributed by atoms with Gasteiger partial charge in [-0.1, -0.05) is 25.1 Å². The van der Waals surface area contributed by atoms with Crippen LogP contribution in [0.25, 0.3) is 22.2 Å². The van der Waals surface area contributed by atoms with Gasteiger partial charge in [0.25, 0.3) is 0 Å². The molecule has 0 amide bonds. The molecule has 1 saturated carbocycles. The quantitative estimate of drug-likeness (QED) is 0.661. The fourth-order valence-corrected chi connectivity index (χ4v) is 4.99. The molecule has 2 unspecified atom stereocenters. The van der Waals surface area contributed by atoms with Gasteiger partial charge >= 0.3 is 0 Å². The Balaban J connectivity index is 1.40. The van der Waals surface area contributed by atoms with Gasteiger partial charge in [0.1, 0.15) is 5.82 Å². The zero-order valence-electron chi connectivity index (χ0n) is 16.4. The van der Waals surface area contributed by atoms with Gasteiger partial charge in [-0.2, -0.15) is 5.26 Å². The summed E-state index contributed by atoms with van der Waals surface area (Å²) in [5, 5.41) is 8.99. The monoisotopic (exact) mass is 370 g/mol. The molecule has 5 rings (SSSR count). The number of benzene rings is 2. The Hall–Kier alpha value is -2.64. The van der Waals surface area contributed by atoms with Crippen molar-refractivity contribution in [1.82, 2.24) is 14.5 Å². The normalized spacial score (nSPS) is 22.7. The minimum Gasteiger partial charge on any atom is -0.327 e. The molecule has 4 nitrogen and oxygen atoms in total. The summed E-state index contributed by atoms with van der Waals surface area (Å²) in [6, 6.07) is 17.3. The number of hydrogen-bond donors (Lipinski definition) is 0. The van der Waals surface area contributed by atoms with E-state index in [4.69, 9.17) is 10.2 Å². The highest BCUT2D eigenvalue weighted by Crippen LogP contribution is 2.31. The highest BCUT2D eigenvalue weighted by atomic mass is 15.2. The average molecular weight is 371 g/mol. The molecule has 0 N–H and O–H groups in total. The van der Waals surface area contributed by atoms with Gasteiger partial charge in [0.15, 0.2) is 0 Å². The second-order valence-corrected chi connectivity index (χ2v) is 8.43. The second-order valence-electron chi connectivity index (χ2n) is 8.43. The van der Waals surface area contributed by atoms with Gasteiger partial charge in [-0.05, 0) is 60.6 Å². The Kier molecular flexibility index (Phi) is 4.41. The Morgan fingerprint density at radius 3 is 2.57 bits per heavy atom. The molecule has 142 valence electrons. The molecule has 2 aromatic carbocycles. The highest BCUT2D eigenvalue weighted by Gasteiger charge is 2.28. The predicted octanol–water partition coefficient (Wildman–Crippen LogP) is 4.62. The third kappa shape index (κ3) is 3.10. The molecular formula is C24H26N4. The lowest BCUT2D eigenvalue weighted by Crippen LogP contribution is -2.35. The van der Waals surface area contributed by atoms with Crippen molar-refractivity contribution in [2.45, 2.75) is 45.2 Å². The molecular weight excluding hydrogens is 344 g/mol. The molecule has 1 aliphatic carbocycles. The van der Waals surface area contributed by atoms with Gasteiger partial charge in [0.2, 0.25) is 0 Å². The average Bonchev–Trinajstić information content (AvgIpc) is 3.24. The number of nitriles is 1. The summed E-state index contributed by atoms with van der Waals surface area (Å²) in [5.41, 5.74) is 5.31. The van der Waals surface area contributed by atoms with Crippen LogP contribution in [0.5, 0.6) is 0 Å². The fourth-order valence-electron chi connectivity index (χ4n) is 4.99. The van der Waals surface area contributed by atoms with E-state index in [9.17, 15) is 0 Å². The molecule has 28 heavy (non-hydrogen) atoms. The van der Waals surface area contributed by atoms with Crippen molar-refractivity contribution in [3.63, 3.8) is 0 Å². The highest BCUT2D eigenvalue weighted by molar-refractivity contribution is 5.82. The lowest BCUT2D eigenvalue weighted by molar-refractivity contribution is 0.200. The van der Waals surface area contributed by atoms with E-state index in [0.29, 0.717) is 5.56 Å². The Morgan fingerprint density at radius 2 is 1.82 bits per heavy atom. The van der Waals surface area contributed by atoms with Crippen molar-refractivity contribution in [1.29, 1.82) is 5.26 Å². The van der Waals surface area contributed by atoms with Crippen LogP contribution in [0.4, 0.5) is 0 Å². The van der Waals surface area contributed by atoms with E-state index in [2.05, 4.69) is 40.7 Å². The molecule has 1 aliphatic heterocycles. The van der Waals surface area contributed by atoms with Gasteiger partial charge in [0.05, 0.1) is 22.7 Å². The van der Waals surface area contributed by atoms with Gasteiger partial charge in [-0.3, -0.25) is 4.90 Å². The molecule has 2 aliphatic rings. The fraction of sp³-hybridized carbons (Fsp3) is 0.417. The molecule has 1 fully saturated rings. The molecule has 3 aromatic rings. The van der Waals surface area contributed by atoms with Crippen LogP contribution in [0.15, 0.2) is 42.5 Å². The number of rotatable bonds is 2. The molecule has 0 radical (unpaired) electrons. The van der Waals surface area contributed by atoms with Crippen molar-refractivity contribution < 1.29 is 0 Å². The smallest absolute Gasteiger partial charge is 0.111 e. The summed E-state index contributed by atoms with van der Waals surface area (Å²) in [6.07, 6.45) is 5.13. The summed E-state index contributed by atoms with van der Waals surface area (Å²) >= 11 is 0. The zero-order valence-corrected chi connectivity index (χ0v) is 16.4. The number of fused-ring (bicyclic) bond motifs is 3. The van der Waals surface area contributed by atoms with Crippen LogP contribution in [-0.4, -0.2) is 33.6 Å². The Bertz CT molecular complexity index is 1040. The SMILES string of the molecule is CC1CCC(N2CCc3nc4cc(-c5ccc(C#N)cc5)ccc4n3CC2)C1. The molecule has 0 spiro atoms. The summed E-state index contributed by atoms with van der Waals surface area (Å²) in [7, 11) is 0. The standard InChI is InChI=1S/C24H26N4/c1-17-2-8-21(14-17)27-11-10-24-26-22-15-20(7-9-23(22)28(24)13-12-27)19-5-3-18(16-25)4-6-19/h3-7,9,15,17,21H,2,8,10-14H2,1H3. The molecule has 2 heterocycles. The Morgan fingerprint density at radius 1 is 1.00 bits per heavy atom. The third-order valence-corrected chi connectivity index (χ3v) is 6.59. The van der Waals surface area contributed by atoms with E-state index in [0.717, 1.165) is 54.7 Å². The first-order chi connectivity index (χ1) is 13.7. The van der Waals surface area contributed by atoms with Crippen molar-refractivity contribution in [2.24, 2.45) is 5.92 Å². The number of aromatic nitrogens is 2. The van der Waals surface area contributed by atoms with Gasteiger partial charge < -0.3 is 4.57 Å². The van der Waals surface area contributed by atoms with Crippen LogP contribution in [0.1, 0.15) is 37.6 Å². The largest absolute Gasteiger partial charge is 0.327 e. The first kappa shape index (κ1) is 17.5. The topological polar surface area (TPSA) is 44.9 Å². The maximum absolute atomic E-state index is 8.99. The summed E-state index contributed by atoms with van der Waals surface area (Å²) in [4.78, 5) is 7.70. The molecule has 0 bridgehead atoms. The number of imidazole rings is 1. The van der Waals surface area contributed by atoms with Crippen molar-refractivity contribution >= 4 is 11.0 Å². The number of nitrogens with zero attached hydrogens (tertiary/aromatic N) is 4.